The van der Waals surface area contributed by atoms with Crippen molar-refractivity contribution >= 4 is 51.1 Å². The molecule has 0 unspecified atom stereocenters. The van der Waals surface area contributed by atoms with Gasteiger partial charge in [0.15, 0.2) is 5.12 Å². The summed E-state index contributed by atoms with van der Waals surface area (Å²) < 4.78 is 0. The maximum Gasteiger partial charge on any atom is 0.327 e. The molecular formula is C21H32N4O5S2. The van der Waals surface area contributed by atoms with Crippen LogP contribution in [0.3, 0.4) is 0 Å². The predicted octanol–water partition coefficient (Wildman–Crippen LogP) is 3.25. The van der Waals surface area contributed by atoms with E-state index in [9.17, 15) is 24.3 Å². The fourth-order valence-corrected chi connectivity index (χ4v) is 5.90. The van der Waals surface area contributed by atoms with Crippen LogP contribution in [0.4, 0.5) is 5.13 Å². The number of hydrogen-bond donors (Lipinski definition) is 3. The van der Waals surface area contributed by atoms with Gasteiger partial charge in [-0.25, -0.2) is 4.79 Å². The highest BCUT2D eigenvalue weighted by Crippen LogP contribution is 2.47. The van der Waals surface area contributed by atoms with Crippen LogP contribution < -0.4 is 10.6 Å². The van der Waals surface area contributed by atoms with Gasteiger partial charge in [-0.05, 0) is 32.1 Å². The standard InChI is InChI=1S/C21H32N4O5S2/c1-4-8-14(17(27)23-20-25-24-16(5-2)32-20)11-21(9-6-7-10-21)19(30)31-12-15(18(28)29)22-13(3)26/h14-15H,4-12H2,1-3H3,(H,22,26)(H,28,29)(H,23,25,27)/t14-,15+/m1/s1. The molecule has 1 aromatic heterocycles. The summed E-state index contributed by atoms with van der Waals surface area (Å²) in [6.07, 6.45) is 5.79. The van der Waals surface area contributed by atoms with Crippen molar-refractivity contribution in [2.24, 2.45) is 11.3 Å². The number of amides is 2. The number of anilines is 1. The van der Waals surface area contributed by atoms with Crippen LogP contribution in [-0.4, -0.2) is 50.0 Å². The SMILES string of the molecule is CCC[C@H](CC1(C(=O)SC[C@H](NC(C)=O)C(=O)O)CCCC1)C(=O)Nc1nnc(CC)s1. The molecule has 0 aromatic carbocycles. The lowest BCUT2D eigenvalue weighted by Crippen LogP contribution is -2.42. The Hall–Kier alpha value is -2.01. The Morgan fingerprint density at radius 2 is 1.88 bits per heavy atom. The highest BCUT2D eigenvalue weighted by Gasteiger charge is 2.44. The van der Waals surface area contributed by atoms with Crippen LogP contribution in [0.1, 0.15) is 70.7 Å². The molecule has 0 spiro atoms. The fourth-order valence-electron chi connectivity index (χ4n) is 4.08. The number of carbonyl (C=O) groups is 4. The Bertz CT molecular complexity index is 823. The zero-order valence-corrected chi connectivity index (χ0v) is 20.4. The molecule has 2 rings (SSSR count). The first kappa shape index (κ1) is 26.2. The number of carboxylic acids is 1. The molecule has 11 heteroatoms. The van der Waals surface area contributed by atoms with Crippen LogP contribution in [0.2, 0.25) is 0 Å². The van der Waals surface area contributed by atoms with Gasteiger partial charge in [0, 0.05) is 24.0 Å². The van der Waals surface area contributed by atoms with E-state index in [0.717, 1.165) is 42.5 Å². The molecule has 0 radical (unpaired) electrons. The molecular weight excluding hydrogens is 452 g/mol. The summed E-state index contributed by atoms with van der Waals surface area (Å²) in [4.78, 5) is 48.9. The van der Waals surface area contributed by atoms with E-state index in [0.29, 0.717) is 30.8 Å². The molecule has 1 aliphatic carbocycles. The second-order valence-corrected chi connectivity index (χ2v) is 10.3. The van der Waals surface area contributed by atoms with E-state index in [2.05, 4.69) is 20.8 Å². The van der Waals surface area contributed by atoms with E-state index in [-0.39, 0.29) is 22.7 Å². The summed E-state index contributed by atoms with van der Waals surface area (Å²) in [7, 11) is 0. The summed E-state index contributed by atoms with van der Waals surface area (Å²) in [5.74, 6) is -2.17. The lowest BCUT2D eigenvalue weighted by Gasteiger charge is -2.31. The van der Waals surface area contributed by atoms with Crippen LogP contribution in [-0.2, 0) is 25.6 Å². The molecule has 2 amide bonds. The number of hydrogen-bond acceptors (Lipinski definition) is 8. The molecule has 9 nitrogen and oxygen atoms in total. The second kappa shape index (κ2) is 12.3. The van der Waals surface area contributed by atoms with Crippen LogP contribution in [0, 0.1) is 11.3 Å². The number of rotatable bonds is 12. The Balaban J connectivity index is 2.09. The maximum absolute atomic E-state index is 13.2. The minimum absolute atomic E-state index is 0.0370. The van der Waals surface area contributed by atoms with Crippen molar-refractivity contribution in [3.05, 3.63) is 5.01 Å². The van der Waals surface area contributed by atoms with Gasteiger partial charge < -0.3 is 15.7 Å². The summed E-state index contributed by atoms with van der Waals surface area (Å²) in [5.41, 5.74) is -0.656. The van der Waals surface area contributed by atoms with Gasteiger partial charge in [0.2, 0.25) is 16.9 Å². The molecule has 1 aliphatic rings. The van der Waals surface area contributed by atoms with Crippen LogP contribution in [0.15, 0.2) is 0 Å². The van der Waals surface area contributed by atoms with Crippen molar-refractivity contribution < 1.29 is 24.3 Å². The molecule has 178 valence electrons. The van der Waals surface area contributed by atoms with Crippen molar-refractivity contribution in [3.63, 3.8) is 0 Å². The van der Waals surface area contributed by atoms with Crippen LogP contribution >= 0.6 is 23.1 Å². The highest BCUT2D eigenvalue weighted by atomic mass is 32.2. The van der Waals surface area contributed by atoms with Gasteiger partial charge >= 0.3 is 5.97 Å². The number of nitrogens with one attached hydrogen (secondary N) is 2. The number of carbonyl (C=O) groups excluding carboxylic acids is 3. The zero-order chi connectivity index (χ0) is 23.7. The quantitative estimate of drug-likeness (QED) is 0.411. The molecule has 2 atom stereocenters. The average Bonchev–Trinajstić information content (AvgIpc) is 3.40. The lowest BCUT2D eigenvalue weighted by atomic mass is 9.77. The monoisotopic (exact) mass is 484 g/mol. The fraction of sp³-hybridized carbons (Fsp3) is 0.714. The molecule has 0 saturated heterocycles. The third-order valence-corrected chi connectivity index (χ3v) is 7.87. The van der Waals surface area contributed by atoms with E-state index in [1.165, 1.54) is 18.3 Å². The first-order valence-electron chi connectivity index (χ1n) is 11.0. The number of aliphatic carboxylic acids is 1. The zero-order valence-electron chi connectivity index (χ0n) is 18.8. The third kappa shape index (κ3) is 7.26. The lowest BCUT2D eigenvalue weighted by molar-refractivity contribution is -0.140. The van der Waals surface area contributed by atoms with E-state index < -0.39 is 23.3 Å². The first-order valence-corrected chi connectivity index (χ1v) is 12.8. The van der Waals surface area contributed by atoms with E-state index in [1.807, 2.05) is 13.8 Å². The van der Waals surface area contributed by atoms with Crippen molar-refractivity contribution in [3.8, 4) is 0 Å². The summed E-state index contributed by atoms with van der Waals surface area (Å²) >= 11 is 2.29. The number of aryl methyl sites for hydroxylation is 1. The maximum atomic E-state index is 13.2. The van der Waals surface area contributed by atoms with Crippen molar-refractivity contribution in [1.29, 1.82) is 0 Å². The van der Waals surface area contributed by atoms with Crippen molar-refractivity contribution in [1.82, 2.24) is 15.5 Å². The number of aromatic nitrogens is 2. The van der Waals surface area contributed by atoms with Crippen LogP contribution in [0.25, 0.3) is 0 Å². The van der Waals surface area contributed by atoms with Crippen molar-refractivity contribution in [2.75, 3.05) is 11.1 Å². The van der Waals surface area contributed by atoms with E-state index in [1.54, 1.807) is 0 Å². The third-order valence-electron chi connectivity index (χ3n) is 5.69. The molecule has 3 N–H and O–H groups in total. The van der Waals surface area contributed by atoms with E-state index in [4.69, 9.17) is 0 Å². The van der Waals surface area contributed by atoms with Gasteiger partial charge in [-0.15, -0.1) is 10.2 Å². The Morgan fingerprint density at radius 3 is 2.41 bits per heavy atom. The molecule has 1 fully saturated rings. The normalized spacial score (nSPS) is 16.8. The van der Waals surface area contributed by atoms with Crippen LogP contribution in [0.5, 0.6) is 0 Å². The minimum Gasteiger partial charge on any atom is -0.480 e. The Morgan fingerprint density at radius 1 is 1.19 bits per heavy atom. The van der Waals surface area contributed by atoms with Gasteiger partial charge in [0.25, 0.3) is 0 Å². The minimum atomic E-state index is -1.17. The van der Waals surface area contributed by atoms with Gasteiger partial charge in [-0.2, -0.15) is 0 Å². The Kier molecular flexibility index (Phi) is 10.1. The molecule has 1 heterocycles. The summed E-state index contributed by atoms with van der Waals surface area (Å²) in [5, 5.41) is 23.8. The van der Waals surface area contributed by atoms with Gasteiger partial charge in [0.05, 0.1) is 0 Å². The van der Waals surface area contributed by atoms with Gasteiger partial charge in [0.1, 0.15) is 11.0 Å². The van der Waals surface area contributed by atoms with Crippen molar-refractivity contribution in [2.45, 2.75) is 78.2 Å². The molecule has 0 aliphatic heterocycles. The Labute approximate surface area is 196 Å². The van der Waals surface area contributed by atoms with E-state index >= 15 is 0 Å². The average molecular weight is 485 g/mol. The summed E-state index contributed by atoms with van der Waals surface area (Å²) in [6.45, 7) is 5.22. The first-order chi connectivity index (χ1) is 15.2. The largest absolute Gasteiger partial charge is 0.480 e. The topological polar surface area (TPSA) is 138 Å². The molecule has 32 heavy (non-hydrogen) atoms. The predicted molar refractivity (Wildman–Crippen MR) is 125 cm³/mol. The smallest absolute Gasteiger partial charge is 0.327 e. The molecule has 1 aromatic rings. The highest BCUT2D eigenvalue weighted by molar-refractivity contribution is 8.13. The number of carboxylic acid groups (broad SMARTS) is 1. The van der Waals surface area contributed by atoms with Gasteiger partial charge in [-0.3, -0.25) is 14.4 Å². The molecule has 0 bridgehead atoms. The number of thioether (sulfide) groups is 1. The number of nitrogens with zero attached hydrogens (tertiary/aromatic N) is 2. The summed E-state index contributed by atoms with van der Waals surface area (Å²) in [6, 6.07) is -1.13. The second-order valence-electron chi connectivity index (χ2n) is 8.21. The molecule has 1 saturated carbocycles. The van der Waals surface area contributed by atoms with Gasteiger partial charge in [-0.1, -0.05) is 56.2 Å².